The fourth-order valence-electron chi connectivity index (χ4n) is 1.52. The first-order chi connectivity index (χ1) is 10.1. The zero-order valence-electron chi connectivity index (χ0n) is 11.7. The summed E-state index contributed by atoms with van der Waals surface area (Å²) < 4.78 is 2.95. The van der Waals surface area contributed by atoms with E-state index >= 15 is 0 Å². The fourth-order valence-corrected chi connectivity index (χ4v) is 2.20. The van der Waals surface area contributed by atoms with E-state index in [1.807, 2.05) is 0 Å². The second-order valence-corrected chi connectivity index (χ2v) is 5.23. The number of rotatable bonds is 6. The molecule has 0 radical (unpaired) electrons. The smallest absolute Gasteiger partial charge is 0.253 e. The lowest BCUT2D eigenvalue weighted by Crippen LogP contribution is -2.31. The van der Waals surface area contributed by atoms with Gasteiger partial charge in [0, 0.05) is 31.9 Å². The Balaban J connectivity index is 1.74. The van der Waals surface area contributed by atoms with Gasteiger partial charge in [-0.05, 0) is 17.4 Å². The van der Waals surface area contributed by atoms with E-state index in [0.29, 0.717) is 23.9 Å². The molecule has 9 nitrogen and oxygen atoms in total. The third-order valence-electron chi connectivity index (χ3n) is 2.60. The Morgan fingerprint density at radius 3 is 2.95 bits per heavy atom. The van der Waals surface area contributed by atoms with Crippen molar-refractivity contribution < 1.29 is 4.79 Å². The van der Waals surface area contributed by atoms with Crippen LogP contribution < -0.4 is 10.9 Å². The Labute approximate surface area is 124 Å². The van der Waals surface area contributed by atoms with Crippen LogP contribution in [-0.2, 0) is 18.4 Å². The van der Waals surface area contributed by atoms with Crippen LogP contribution in [0.1, 0.15) is 5.69 Å². The summed E-state index contributed by atoms with van der Waals surface area (Å²) in [7, 11) is 1.71. The van der Waals surface area contributed by atoms with Gasteiger partial charge >= 0.3 is 0 Å². The van der Waals surface area contributed by atoms with Crippen LogP contribution in [0, 0.1) is 6.92 Å². The average molecular weight is 309 g/mol. The minimum Gasteiger partial charge on any atom is -0.354 e. The highest BCUT2D eigenvalue weighted by atomic mass is 32.2. The quantitative estimate of drug-likeness (QED) is 0.681. The van der Waals surface area contributed by atoms with Crippen LogP contribution in [-0.4, -0.2) is 48.0 Å². The van der Waals surface area contributed by atoms with Gasteiger partial charge in [0.15, 0.2) is 0 Å². The van der Waals surface area contributed by atoms with E-state index in [0.717, 1.165) is 0 Å². The second-order valence-electron chi connectivity index (χ2n) is 4.29. The van der Waals surface area contributed by atoms with Crippen molar-refractivity contribution in [3.63, 3.8) is 0 Å². The molecule has 0 bridgehead atoms. The number of tetrazole rings is 1. The van der Waals surface area contributed by atoms with E-state index in [2.05, 4.69) is 25.8 Å². The Kier molecular flexibility index (Phi) is 5.04. The predicted molar refractivity (Wildman–Crippen MR) is 75.8 cm³/mol. The van der Waals surface area contributed by atoms with E-state index in [-0.39, 0.29) is 17.2 Å². The summed E-state index contributed by atoms with van der Waals surface area (Å²) in [6.45, 7) is 2.50. The van der Waals surface area contributed by atoms with E-state index in [1.54, 1.807) is 14.0 Å². The SMILES string of the molecule is Cc1cc(=O)n(CCNC(=O)CSc2nnnn2C)cn1. The van der Waals surface area contributed by atoms with Crippen LogP contribution >= 0.6 is 11.8 Å². The molecule has 0 saturated carbocycles. The van der Waals surface area contributed by atoms with Crippen molar-refractivity contribution in [3.05, 3.63) is 28.4 Å². The fraction of sp³-hybridized carbons (Fsp3) is 0.455. The van der Waals surface area contributed by atoms with Crippen molar-refractivity contribution in [1.82, 2.24) is 35.1 Å². The molecule has 2 aromatic heterocycles. The lowest BCUT2D eigenvalue weighted by atomic mass is 10.4. The first-order valence-corrected chi connectivity index (χ1v) is 7.20. The van der Waals surface area contributed by atoms with Gasteiger partial charge in [-0.3, -0.25) is 14.2 Å². The van der Waals surface area contributed by atoms with Gasteiger partial charge in [-0.25, -0.2) is 9.67 Å². The van der Waals surface area contributed by atoms with Crippen LogP contribution in [0.2, 0.25) is 0 Å². The molecule has 0 saturated heterocycles. The molecule has 112 valence electrons. The van der Waals surface area contributed by atoms with Gasteiger partial charge in [-0.15, -0.1) is 5.10 Å². The standard InChI is InChI=1S/C11H15N7O2S/c1-8-5-10(20)18(7-13-8)4-3-12-9(19)6-21-11-14-15-16-17(11)2/h5,7H,3-4,6H2,1-2H3,(H,12,19). The third kappa shape index (κ3) is 4.38. The number of aryl methyl sites for hydroxylation is 2. The highest BCUT2D eigenvalue weighted by Crippen LogP contribution is 2.10. The van der Waals surface area contributed by atoms with Crippen molar-refractivity contribution in [2.75, 3.05) is 12.3 Å². The predicted octanol–water partition coefficient (Wildman–Crippen LogP) is -1.02. The van der Waals surface area contributed by atoms with Gasteiger partial charge in [0.2, 0.25) is 11.1 Å². The second kappa shape index (κ2) is 6.97. The van der Waals surface area contributed by atoms with Gasteiger partial charge in [0.05, 0.1) is 12.1 Å². The number of nitrogens with zero attached hydrogens (tertiary/aromatic N) is 6. The Morgan fingerprint density at radius 1 is 1.48 bits per heavy atom. The molecule has 0 spiro atoms. The molecule has 0 aliphatic heterocycles. The monoisotopic (exact) mass is 309 g/mol. The first kappa shape index (κ1) is 15.2. The first-order valence-electron chi connectivity index (χ1n) is 6.21. The molecule has 0 aliphatic rings. The molecule has 1 amide bonds. The van der Waals surface area contributed by atoms with Crippen molar-refractivity contribution in [2.45, 2.75) is 18.6 Å². The molecule has 0 atom stereocenters. The van der Waals surface area contributed by atoms with Crippen LogP contribution in [0.25, 0.3) is 0 Å². The highest BCUT2D eigenvalue weighted by Gasteiger charge is 2.07. The maximum atomic E-state index is 11.7. The number of aromatic nitrogens is 6. The number of carbonyl (C=O) groups is 1. The summed E-state index contributed by atoms with van der Waals surface area (Å²) in [5.41, 5.74) is 0.547. The topological polar surface area (TPSA) is 108 Å². The molecule has 10 heteroatoms. The lowest BCUT2D eigenvalue weighted by Gasteiger charge is -2.07. The van der Waals surface area contributed by atoms with Gasteiger partial charge in [-0.1, -0.05) is 11.8 Å². The van der Waals surface area contributed by atoms with Crippen molar-refractivity contribution in [1.29, 1.82) is 0 Å². The van der Waals surface area contributed by atoms with Crippen LogP contribution in [0.15, 0.2) is 22.3 Å². The highest BCUT2D eigenvalue weighted by molar-refractivity contribution is 7.99. The van der Waals surface area contributed by atoms with Crippen molar-refractivity contribution >= 4 is 17.7 Å². The summed E-state index contributed by atoms with van der Waals surface area (Å²) >= 11 is 1.25. The number of amides is 1. The summed E-state index contributed by atoms with van der Waals surface area (Å²) in [5, 5.41) is 14.2. The van der Waals surface area contributed by atoms with Gasteiger partial charge in [0.1, 0.15) is 0 Å². The van der Waals surface area contributed by atoms with Crippen LogP contribution in [0.5, 0.6) is 0 Å². The van der Waals surface area contributed by atoms with Crippen LogP contribution in [0.3, 0.4) is 0 Å². The molecular weight excluding hydrogens is 294 g/mol. The molecule has 0 unspecified atom stereocenters. The molecule has 2 heterocycles. The van der Waals surface area contributed by atoms with Crippen molar-refractivity contribution in [3.8, 4) is 0 Å². The Bertz CT molecular complexity index is 681. The Morgan fingerprint density at radius 2 is 2.29 bits per heavy atom. The molecule has 21 heavy (non-hydrogen) atoms. The maximum Gasteiger partial charge on any atom is 0.253 e. The average Bonchev–Trinajstić information content (AvgIpc) is 2.84. The third-order valence-corrected chi connectivity index (χ3v) is 3.62. The maximum absolute atomic E-state index is 11.7. The number of hydrogen-bond acceptors (Lipinski definition) is 7. The van der Waals surface area contributed by atoms with Gasteiger partial charge in [-0.2, -0.15) is 0 Å². The Hall–Kier alpha value is -2.23. The summed E-state index contributed by atoms with van der Waals surface area (Å²) in [6.07, 6.45) is 1.48. The number of carbonyl (C=O) groups excluding carboxylic acids is 1. The summed E-state index contributed by atoms with van der Waals surface area (Å²) in [5.74, 6) is 0.0750. The van der Waals surface area contributed by atoms with Crippen LogP contribution in [0.4, 0.5) is 0 Å². The number of hydrogen-bond donors (Lipinski definition) is 1. The molecule has 2 rings (SSSR count). The zero-order chi connectivity index (χ0) is 15.2. The molecule has 0 aromatic carbocycles. The van der Waals surface area contributed by atoms with Gasteiger partial charge in [0.25, 0.3) is 5.56 Å². The normalized spacial score (nSPS) is 10.6. The van der Waals surface area contributed by atoms with E-state index < -0.39 is 0 Å². The minimum absolute atomic E-state index is 0.128. The summed E-state index contributed by atoms with van der Waals surface area (Å²) in [4.78, 5) is 27.3. The molecule has 0 fully saturated rings. The number of nitrogens with one attached hydrogen (secondary N) is 1. The molecule has 1 N–H and O–H groups in total. The zero-order valence-corrected chi connectivity index (χ0v) is 12.5. The largest absolute Gasteiger partial charge is 0.354 e. The lowest BCUT2D eigenvalue weighted by molar-refractivity contribution is -0.118. The molecule has 2 aromatic rings. The molecular formula is C11H15N7O2S. The van der Waals surface area contributed by atoms with Crippen molar-refractivity contribution in [2.24, 2.45) is 7.05 Å². The van der Waals surface area contributed by atoms with E-state index in [9.17, 15) is 9.59 Å². The number of thioether (sulfide) groups is 1. The summed E-state index contributed by atoms with van der Waals surface area (Å²) in [6, 6.07) is 1.46. The van der Waals surface area contributed by atoms with E-state index in [1.165, 1.54) is 33.4 Å². The minimum atomic E-state index is -0.142. The molecule has 0 aliphatic carbocycles. The van der Waals surface area contributed by atoms with E-state index in [4.69, 9.17) is 0 Å². The van der Waals surface area contributed by atoms with Gasteiger partial charge < -0.3 is 5.32 Å².